The lowest BCUT2D eigenvalue weighted by Crippen LogP contribution is -2.44. The molecule has 0 saturated carbocycles. The minimum Gasteiger partial charge on any atom is -0.489 e. The predicted molar refractivity (Wildman–Crippen MR) is 153 cm³/mol. The summed E-state index contributed by atoms with van der Waals surface area (Å²) in [6.07, 6.45) is 1.73. The van der Waals surface area contributed by atoms with E-state index < -0.39 is 11.8 Å². The summed E-state index contributed by atoms with van der Waals surface area (Å²) in [5, 5.41) is 3.69. The maximum Gasteiger partial charge on any atom is 0.285 e. The number of nitrogens with one attached hydrogen (secondary N) is 1. The number of rotatable bonds is 6. The number of halogens is 1. The van der Waals surface area contributed by atoms with Gasteiger partial charge in [0.25, 0.3) is 11.8 Å². The molecule has 0 radical (unpaired) electrons. The molecule has 184 valence electrons. The zero-order valence-electron chi connectivity index (χ0n) is 19.7. The molecule has 0 aromatic heterocycles. The molecule has 1 aliphatic heterocycles. The number of hydrogen-bond acceptors (Lipinski definition) is 5. The quantitative estimate of drug-likeness (QED) is 0.211. The SMILES string of the molecule is Cc1ccc(C(=O)NN2C(=O)/C(=C\c3cccc(OCc4cccc5ccccc45)c3)SC2=S)c(Cl)c1. The van der Waals surface area contributed by atoms with Crippen LogP contribution < -0.4 is 10.2 Å². The Morgan fingerprint density at radius 1 is 1.05 bits per heavy atom. The Labute approximate surface area is 229 Å². The van der Waals surface area contributed by atoms with E-state index in [9.17, 15) is 9.59 Å². The van der Waals surface area contributed by atoms with Crippen molar-refractivity contribution in [2.24, 2.45) is 0 Å². The molecule has 0 spiro atoms. The minimum atomic E-state index is -0.508. The first-order chi connectivity index (χ1) is 17.9. The summed E-state index contributed by atoms with van der Waals surface area (Å²) in [5.74, 6) is -0.237. The van der Waals surface area contributed by atoms with Crippen LogP contribution in [0.25, 0.3) is 16.8 Å². The number of benzene rings is 4. The van der Waals surface area contributed by atoms with E-state index >= 15 is 0 Å². The molecule has 4 aromatic rings. The van der Waals surface area contributed by atoms with Crippen molar-refractivity contribution in [3.05, 3.63) is 117 Å². The first-order valence-corrected chi connectivity index (χ1v) is 13.0. The van der Waals surface area contributed by atoms with Crippen LogP contribution in [0.1, 0.15) is 27.0 Å². The molecular formula is C29H21ClN2O3S2. The van der Waals surface area contributed by atoms with E-state index in [1.165, 1.54) is 0 Å². The fourth-order valence-electron chi connectivity index (χ4n) is 3.96. The van der Waals surface area contributed by atoms with Crippen molar-refractivity contribution in [3.63, 3.8) is 0 Å². The molecule has 0 unspecified atom stereocenters. The van der Waals surface area contributed by atoms with Crippen LogP contribution in [-0.2, 0) is 11.4 Å². The average molecular weight is 545 g/mol. The van der Waals surface area contributed by atoms with Crippen LogP contribution in [0, 0.1) is 6.92 Å². The van der Waals surface area contributed by atoms with Crippen LogP contribution in [0.15, 0.2) is 89.8 Å². The van der Waals surface area contributed by atoms with E-state index in [0.29, 0.717) is 22.3 Å². The van der Waals surface area contributed by atoms with Gasteiger partial charge in [0.2, 0.25) is 0 Å². The molecule has 5 nitrogen and oxygen atoms in total. The summed E-state index contributed by atoms with van der Waals surface area (Å²) in [4.78, 5) is 26.1. The normalized spacial score (nSPS) is 14.4. The summed E-state index contributed by atoms with van der Waals surface area (Å²) < 4.78 is 6.30. The van der Waals surface area contributed by atoms with Gasteiger partial charge in [-0.3, -0.25) is 15.0 Å². The summed E-state index contributed by atoms with van der Waals surface area (Å²) in [7, 11) is 0. The molecule has 0 aliphatic carbocycles. The third-order valence-electron chi connectivity index (χ3n) is 5.81. The highest BCUT2D eigenvalue weighted by molar-refractivity contribution is 8.26. The number of carbonyl (C=O) groups is 2. The van der Waals surface area contributed by atoms with Crippen LogP contribution in [-0.4, -0.2) is 21.1 Å². The van der Waals surface area contributed by atoms with Gasteiger partial charge in [0.05, 0.1) is 15.5 Å². The summed E-state index contributed by atoms with van der Waals surface area (Å²) in [5.41, 5.74) is 5.64. The number of hydrogen-bond donors (Lipinski definition) is 1. The van der Waals surface area contributed by atoms with E-state index in [-0.39, 0.29) is 9.88 Å². The lowest BCUT2D eigenvalue weighted by molar-refractivity contribution is -0.123. The van der Waals surface area contributed by atoms with Crippen LogP contribution >= 0.6 is 35.6 Å². The van der Waals surface area contributed by atoms with Crippen LogP contribution in [0.5, 0.6) is 5.75 Å². The van der Waals surface area contributed by atoms with Gasteiger partial charge in [0.15, 0.2) is 4.32 Å². The van der Waals surface area contributed by atoms with Crippen molar-refractivity contribution in [2.45, 2.75) is 13.5 Å². The van der Waals surface area contributed by atoms with Gasteiger partial charge in [0, 0.05) is 0 Å². The Morgan fingerprint density at radius 2 is 1.84 bits per heavy atom. The Balaban J connectivity index is 1.29. The van der Waals surface area contributed by atoms with E-state index in [0.717, 1.165) is 44.2 Å². The maximum absolute atomic E-state index is 13.0. The van der Waals surface area contributed by atoms with Gasteiger partial charge in [-0.1, -0.05) is 84.0 Å². The highest BCUT2D eigenvalue weighted by atomic mass is 35.5. The Kier molecular flexibility index (Phi) is 7.28. The average Bonchev–Trinajstić information content (AvgIpc) is 3.14. The van der Waals surface area contributed by atoms with Crippen molar-refractivity contribution < 1.29 is 14.3 Å². The zero-order valence-corrected chi connectivity index (χ0v) is 22.1. The zero-order chi connectivity index (χ0) is 25.9. The fourth-order valence-corrected chi connectivity index (χ4v) is 5.46. The van der Waals surface area contributed by atoms with Gasteiger partial charge in [-0.25, -0.2) is 0 Å². The molecule has 0 atom stereocenters. The van der Waals surface area contributed by atoms with Crippen LogP contribution in [0.3, 0.4) is 0 Å². The lowest BCUT2D eigenvalue weighted by atomic mass is 10.1. The van der Waals surface area contributed by atoms with Gasteiger partial charge in [-0.05, 0) is 76.9 Å². The third-order valence-corrected chi connectivity index (χ3v) is 7.42. The van der Waals surface area contributed by atoms with Gasteiger partial charge < -0.3 is 4.74 Å². The molecule has 1 heterocycles. The predicted octanol–water partition coefficient (Wildman–Crippen LogP) is 6.93. The molecule has 1 N–H and O–H groups in total. The number of thioether (sulfide) groups is 1. The van der Waals surface area contributed by atoms with E-state index in [1.807, 2.05) is 49.4 Å². The molecule has 1 aliphatic rings. The highest BCUT2D eigenvalue weighted by Crippen LogP contribution is 2.32. The number of nitrogens with zero attached hydrogens (tertiary/aromatic N) is 1. The first-order valence-electron chi connectivity index (χ1n) is 11.4. The second kappa shape index (κ2) is 10.8. The van der Waals surface area contributed by atoms with Crippen LogP contribution in [0.2, 0.25) is 5.02 Å². The molecule has 5 rings (SSSR count). The summed E-state index contributed by atoms with van der Waals surface area (Å²) in [6, 6.07) is 26.9. The van der Waals surface area contributed by atoms with E-state index in [4.69, 9.17) is 28.6 Å². The second-order valence-corrected chi connectivity index (χ2v) is 10.5. The third kappa shape index (κ3) is 5.54. The molecule has 2 amide bonds. The minimum absolute atomic E-state index is 0.233. The standard InChI is InChI=1S/C29H21ClN2O3S2/c1-18-12-13-24(25(30)14-18)27(33)31-32-28(34)26(37-29(32)36)16-19-6-4-10-22(15-19)35-17-21-9-5-8-20-7-2-3-11-23(20)21/h2-16H,17H2,1H3,(H,31,33)/b26-16+. The number of amides is 2. The smallest absolute Gasteiger partial charge is 0.285 e. The number of ether oxygens (including phenoxy) is 1. The largest absolute Gasteiger partial charge is 0.489 e. The van der Waals surface area contributed by atoms with Crippen molar-refractivity contribution in [3.8, 4) is 5.75 Å². The fraction of sp³-hybridized carbons (Fsp3) is 0.0690. The topological polar surface area (TPSA) is 58.6 Å². The summed E-state index contributed by atoms with van der Waals surface area (Å²) in [6.45, 7) is 2.30. The summed E-state index contributed by atoms with van der Waals surface area (Å²) >= 11 is 12.7. The van der Waals surface area contributed by atoms with Gasteiger partial charge in [0.1, 0.15) is 12.4 Å². The number of carbonyl (C=O) groups excluding carboxylic acids is 2. The molecular weight excluding hydrogens is 524 g/mol. The maximum atomic E-state index is 13.0. The van der Waals surface area contributed by atoms with E-state index in [1.54, 1.807) is 24.3 Å². The van der Waals surface area contributed by atoms with Crippen molar-refractivity contribution >= 4 is 68.6 Å². The molecule has 4 aromatic carbocycles. The number of aryl methyl sites for hydroxylation is 1. The highest BCUT2D eigenvalue weighted by Gasteiger charge is 2.34. The van der Waals surface area contributed by atoms with Gasteiger partial charge in [-0.15, -0.1) is 0 Å². The van der Waals surface area contributed by atoms with Crippen molar-refractivity contribution in [1.82, 2.24) is 10.4 Å². The number of thiocarbonyl (C=S) groups is 1. The number of fused-ring (bicyclic) bond motifs is 1. The Bertz CT molecular complexity index is 1580. The molecule has 1 saturated heterocycles. The monoisotopic (exact) mass is 544 g/mol. The molecule has 0 bridgehead atoms. The van der Waals surface area contributed by atoms with Gasteiger partial charge in [-0.2, -0.15) is 5.01 Å². The lowest BCUT2D eigenvalue weighted by Gasteiger charge is -2.16. The number of hydrazine groups is 1. The van der Waals surface area contributed by atoms with Crippen LogP contribution in [0.4, 0.5) is 0 Å². The van der Waals surface area contributed by atoms with E-state index in [2.05, 4.69) is 29.7 Å². The van der Waals surface area contributed by atoms with Gasteiger partial charge >= 0.3 is 0 Å². The molecule has 1 fully saturated rings. The molecule has 37 heavy (non-hydrogen) atoms. The second-order valence-electron chi connectivity index (χ2n) is 8.44. The van der Waals surface area contributed by atoms with Crippen molar-refractivity contribution in [1.29, 1.82) is 0 Å². The molecule has 8 heteroatoms. The van der Waals surface area contributed by atoms with Crippen molar-refractivity contribution in [2.75, 3.05) is 0 Å². The Morgan fingerprint density at radius 3 is 2.68 bits per heavy atom. The first kappa shape index (κ1) is 25.0. The Hall–Kier alpha value is -3.65.